The van der Waals surface area contributed by atoms with Crippen LogP contribution in [0.15, 0.2) is 36.5 Å². The number of nitriles is 1. The summed E-state index contributed by atoms with van der Waals surface area (Å²) in [7, 11) is 0. The smallest absolute Gasteiger partial charge is 0.407 e. The fourth-order valence-corrected chi connectivity index (χ4v) is 3.87. The highest BCUT2D eigenvalue weighted by Crippen LogP contribution is 2.32. The number of pyridine rings is 1. The molecule has 0 spiro atoms. The summed E-state index contributed by atoms with van der Waals surface area (Å²) in [5.41, 5.74) is 5.21. The Bertz CT molecular complexity index is 853. The van der Waals surface area contributed by atoms with Crippen LogP contribution in [0.3, 0.4) is 0 Å². The molecule has 1 aromatic carbocycles. The van der Waals surface area contributed by atoms with Gasteiger partial charge in [-0.3, -0.25) is 0 Å². The predicted octanol–water partition coefficient (Wildman–Crippen LogP) is 4.21. The van der Waals surface area contributed by atoms with Gasteiger partial charge in [-0.1, -0.05) is 38.1 Å². The van der Waals surface area contributed by atoms with E-state index in [9.17, 15) is 9.90 Å². The van der Waals surface area contributed by atoms with E-state index in [0.29, 0.717) is 24.7 Å². The van der Waals surface area contributed by atoms with E-state index >= 15 is 0 Å². The minimum absolute atomic E-state index is 0.240. The maximum atomic E-state index is 11.5. The molecule has 2 heterocycles. The lowest BCUT2D eigenvalue weighted by Gasteiger charge is -2.24. The molecule has 0 saturated carbocycles. The van der Waals surface area contributed by atoms with Gasteiger partial charge in [-0.15, -0.1) is 0 Å². The Morgan fingerprint density at radius 3 is 2.74 bits per heavy atom. The van der Waals surface area contributed by atoms with Crippen molar-refractivity contribution in [2.24, 2.45) is 5.92 Å². The van der Waals surface area contributed by atoms with Gasteiger partial charge in [0.15, 0.2) is 0 Å². The van der Waals surface area contributed by atoms with Crippen LogP contribution in [0.25, 0.3) is 0 Å². The summed E-state index contributed by atoms with van der Waals surface area (Å²) >= 11 is 0. The molecule has 140 valence electrons. The molecule has 0 radical (unpaired) electrons. The molecule has 5 nitrogen and oxygen atoms in total. The maximum Gasteiger partial charge on any atom is 0.407 e. The van der Waals surface area contributed by atoms with Crippen molar-refractivity contribution in [1.29, 1.82) is 5.26 Å². The highest BCUT2D eigenvalue weighted by atomic mass is 16.4. The van der Waals surface area contributed by atoms with Crippen molar-refractivity contribution in [2.75, 3.05) is 13.1 Å². The molecule has 0 saturated heterocycles. The van der Waals surface area contributed by atoms with Gasteiger partial charge in [0.1, 0.15) is 11.8 Å². The van der Waals surface area contributed by atoms with Crippen LogP contribution in [0.4, 0.5) is 4.79 Å². The minimum Gasteiger partial charge on any atom is -0.465 e. The summed E-state index contributed by atoms with van der Waals surface area (Å²) in [6.07, 6.45) is 3.40. The van der Waals surface area contributed by atoms with E-state index in [1.54, 1.807) is 17.2 Å². The molecule has 1 amide bonds. The van der Waals surface area contributed by atoms with Crippen LogP contribution in [-0.4, -0.2) is 34.2 Å². The van der Waals surface area contributed by atoms with Crippen molar-refractivity contribution in [1.82, 2.24) is 9.88 Å². The number of carboxylic acid groups (broad SMARTS) is 1. The average molecular weight is 363 g/mol. The third kappa shape index (κ3) is 4.65. The van der Waals surface area contributed by atoms with Crippen molar-refractivity contribution in [3.8, 4) is 6.07 Å². The van der Waals surface area contributed by atoms with Crippen LogP contribution < -0.4 is 0 Å². The molecule has 2 aromatic rings. The third-order valence-corrected chi connectivity index (χ3v) is 5.11. The van der Waals surface area contributed by atoms with E-state index in [1.165, 1.54) is 16.7 Å². The summed E-state index contributed by atoms with van der Waals surface area (Å²) in [5.74, 6) is 0.755. The van der Waals surface area contributed by atoms with E-state index in [4.69, 9.17) is 5.26 Å². The molecular formula is C22H25N3O2. The molecule has 1 unspecified atom stereocenters. The fraction of sp³-hybridized carbons (Fsp3) is 0.409. The first kappa shape index (κ1) is 18.9. The summed E-state index contributed by atoms with van der Waals surface area (Å²) in [6, 6.07) is 12.2. The van der Waals surface area contributed by atoms with Crippen molar-refractivity contribution in [2.45, 2.75) is 39.0 Å². The van der Waals surface area contributed by atoms with Crippen LogP contribution in [0, 0.1) is 17.2 Å². The van der Waals surface area contributed by atoms with Crippen LogP contribution in [0.1, 0.15) is 54.1 Å². The second kappa shape index (κ2) is 8.22. The molecule has 27 heavy (non-hydrogen) atoms. The van der Waals surface area contributed by atoms with Crippen LogP contribution in [-0.2, 0) is 12.8 Å². The van der Waals surface area contributed by atoms with Crippen molar-refractivity contribution in [3.05, 3.63) is 64.5 Å². The first-order valence-corrected chi connectivity index (χ1v) is 9.41. The molecule has 3 rings (SSSR count). The van der Waals surface area contributed by atoms with E-state index in [1.807, 2.05) is 12.1 Å². The van der Waals surface area contributed by atoms with Gasteiger partial charge in [0.05, 0.1) is 0 Å². The zero-order valence-corrected chi connectivity index (χ0v) is 15.9. The van der Waals surface area contributed by atoms with Gasteiger partial charge in [0.25, 0.3) is 0 Å². The standard InChI is InChI=1S/C22H25N3O2/c1-15(2)9-19-14-25(22(26)27)8-7-18-11-16(4-6-21(18)19)10-17-3-5-20(12-23)24-13-17/h3-6,11,13,15,19H,7-10,14H2,1-2H3,(H,26,27). The summed E-state index contributed by atoms with van der Waals surface area (Å²) in [5, 5.41) is 18.3. The van der Waals surface area contributed by atoms with Gasteiger partial charge in [0, 0.05) is 25.2 Å². The number of rotatable bonds is 4. The van der Waals surface area contributed by atoms with Gasteiger partial charge < -0.3 is 10.0 Å². The highest BCUT2D eigenvalue weighted by molar-refractivity contribution is 5.65. The number of hydrogen-bond donors (Lipinski definition) is 1. The lowest BCUT2D eigenvalue weighted by molar-refractivity contribution is 0.142. The minimum atomic E-state index is -0.833. The number of amides is 1. The Hall–Kier alpha value is -2.87. The quantitative estimate of drug-likeness (QED) is 0.883. The number of hydrogen-bond acceptors (Lipinski definition) is 3. The average Bonchev–Trinajstić information content (AvgIpc) is 2.81. The van der Waals surface area contributed by atoms with Gasteiger partial charge in [-0.2, -0.15) is 5.26 Å². The van der Waals surface area contributed by atoms with E-state index in [2.05, 4.69) is 37.0 Å². The van der Waals surface area contributed by atoms with E-state index in [-0.39, 0.29) is 5.92 Å². The molecular weight excluding hydrogens is 338 g/mol. The topological polar surface area (TPSA) is 77.2 Å². The summed E-state index contributed by atoms with van der Waals surface area (Å²) in [4.78, 5) is 17.2. The van der Waals surface area contributed by atoms with Crippen molar-refractivity contribution in [3.63, 3.8) is 0 Å². The molecule has 1 aromatic heterocycles. The Balaban J connectivity index is 1.86. The zero-order chi connectivity index (χ0) is 19.4. The van der Waals surface area contributed by atoms with Crippen molar-refractivity contribution < 1.29 is 9.90 Å². The molecule has 1 aliphatic heterocycles. The number of fused-ring (bicyclic) bond motifs is 1. The monoisotopic (exact) mass is 363 g/mol. The SMILES string of the molecule is CC(C)CC1CN(C(=O)O)CCc2cc(Cc3ccc(C#N)nc3)ccc21. The molecule has 5 heteroatoms. The molecule has 0 fully saturated rings. The largest absolute Gasteiger partial charge is 0.465 e. The number of aromatic nitrogens is 1. The van der Waals surface area contributed by atoms with Crippen molar-refractivity contribution >= 4 is 6.09 Å². The Labute approximate surface area is 160 Å². The number of carbonyl (C=O) groups is 1. The molecule has 0 aliphatic carbocycles. The first-order valence-electron chi connectivity index (χ1n) is 9.41. The van der Waals surface area contributed by atoms with Crippen LogP contribution >= 0.6 is 0 Å². The summed E-state index contributed by atoms with van der Waals surface area (Å²) < 4.78 is 0. The lowest BCUT2D eigenvalue weighted by Crippen LogP contribution is -2.33. The van der Waals surface area contributed by atoms with Crippen LogP contribution in [0.2, 0.25) is 0 Å². The Morgan fingerprint density at radius 1 is 1.33 bits per heavy atom. The van der Waals surface area contributed by atoms with Gasteiger partial charge in [0.2, 0.25) is 0 Å². The fourth-order valence-electron chi connectivity index (χ4n) is 3.87. The summed E-state index contributed by atoms with van der Waals surface area (Å²) in [6.45, 7) is 5.47. The van der Waals surface area contributed by atoms with Crippen LogP contribution in [0.5, 0.6) is 0 Å². The normalized spacial score (nSPS) is 16.5. The lowest BCUT2D eigenvalue weighted by atomic mass is 9.86. The Kier molecular flexibility index (Phi) is 5.75. The predicted molar refractivity (Wildman–Crippen MR) is 104 cm³/mol. The third-order valence-electron chi connectivity index (χ3n) is 5.11. The molecule has 1 atom stereocenters. The number of benzene rings is 1. The molecule has 0 bridgehead atoms. The first-order chi connectivity index (χ1) is 13.0. The Morgan fingerprint density at radius 2 is 2.11 bits per heavy atom. The van der Waals surface area contributed by atoms with Gasteiger partial charge >= 0.3 is 6.09 Å². The van der Waals surface area contributed by atoms with E-state index < -0.39 is 6.09 Å². The van der Waals surface area contributed by atoms with Gasteiger partial charge in [-0.25, -0.2) is 9.78 Å². The second-order valence-corrected chi connectivity index (χ2v) is 7.68. The molecule has 1 N–H and O–H groups in total. The molecule has 1 aliphatic rings. The van der Waals surface area contributed by atoms with Gasteiger partial charge in [-0.05, 0) is 53.5 Å². The zero-order valence-electron chi connectivity index (χ0n) is 15.9. The number of nitrogens with zero attached hydrogens (tertiary/aromatic N) is 3. The maximum absolute atomic E-state index is 11.5. The second-order valence-electron chi connectivity index (χ2n) is 7.68. The van der Waals surface area contributed by atoms with E-state index in [0.717, 1.165) is 24.8 Å². The highest BCUT2D eigenvalue weighted by Gasteiger charge is 2.26.